The quantitative estimate of drug-likeness (QED) is 0.343. The molecule has 204 valence electrons. The lowest BCUT2D eigenvalue weighted by Crippen LogP contribution is -2.51. The minimum atomic E-state index is -3.34. The van der Waals surface area contributed by atoms with Gasteiger partial charge >= 0.3 is 0 Å². The largest absolute Gasteiger partial charge is 0.451 e. The summed E-state index contributed by atoms with van der Waals surface area (Å²) < 4.78 is 42.8. The topological polar surface area (TPSA) is 118 Å². The highest BCUT2D eigenvalue weighted by atomic mass is 32.2. The molecular formula is C28H34FN3O5S. The number of hydrogen-bond donors (Lipinski definition) is 3. The van der Waals surface area contributed by atoms with Gasteiger partial charge in [-0.3, -0.25) is 9.59 Å². The van der Waals surface area contributed by atoms with Crippen molar-refractivity contribution in [1.29, 1.82) is 0 Å². The van der Waals surface area contributed by atoms with E-state index in [2.05, 4.69) is 16.0 Å². The number of sulfone groups is 1. The van der Waals surface area contributed by atoms with Crippen LogP contribution in [-0.4, -0.2) is 45.1 Å². The van der Waals surface area contributed by atoms with Crippen LogP contribution in [0.25, 0.3) is 11.3 Å². The van der Waals surface area contributed by atoms with Crippen LogP contribution in [0.3, 0.4) is 0 Å². The third-order valence-corrected chi connectivity index (χ3v) is 6.75. The molecule has 38 heavy (non-hydrogen) atoms. The number of nitrogens with one attached hydrogen (secondary N) is 3. The Labute approximate surface area is 222 Å². The Morgan fingerprint density at radius 1 is 1.00 bits per heavy atom. The van der Waals surface area contributed by atoms with E-state index in [-0.39, 0.29) is 28.0 Å². The second-order valence-electron chi connectivity index (χ2n) is 10.6. The first-order valence-electron chi connectivity index (χ1n) is 12.2. The molecule has 10 heteroatoms. The van der Waals surface area contributed by atoms with Crippen molar-refractivity contribution in [3.05, 3.63) is 72.2 Å². The van der Waals surface area contributed by atoms with Gasteiger partial charge in [0, 0.05) is 30.1 Å². The maximum atomic E-state index is 13.6. The van der Waals surface area contributed by atoms with Gasteiger partial charge in [0.15, 0.2) is 15.6 Å². The van der Waals surface area contributed by atoms with Crippen LogP contribution >= 0.6 is 0 Å². The van der Waals surface area contributed by atoms with E-state index in [4.69, 9.17) is 4.42 Å². The molecule has 0 saturated heterocycles. The van der Waals surface area contributed by atoms with Crippen molar-refractivity contribution in [3.8, 4) is 11.3 Å². The molecule has 0 aliphatic heterocycles. The zero-order valence-electron chi connectivity index (χ0n) is 22.2. The van der Waals surface area contributed by atoms with Gasteiger partial charge in [0.1, 0.15) is 17.6 Å². The van der Waals surface area contributed by atoms with Gasteiger partial charge in [-0.05, 0) is 61.2 Å². The number of hydrogen-bond acceptors (Lipinski definition) is 6. The lowest BCUT2D eigenvalue weighted by Gasteiger charge is -2.27. The van der Waals surface area contributed by atoms with E-state index < -0.39 is 27.6 Å². The number of furan rings is 1. The molecule has 2 atom stereocenters. The molecule has 1 unspecified atom stereocenters. The van der Waals surface area contributed by atoms with Crippen molar-refractivity contribution in [2.45, 2.75) is 51.1 Å². The number of rotatable bonds is 10. The van der Waals surface area contributed by atoms with E-state index in [1.54, 1.807) is 37.3 Å². The molecule has 0 saturated carbocycles. The van der Waals surface area contributed by atoms with Gasteiger partial charge in [-0.15, -0.1) is 0 Å². The summed E-state index contributed by atoms with van der Waals surface area (Å²) in [6.07, 6.45) is 1.52. The van der Waals surface area contributed by atoms with E-state index in [0.29, 0.717) is 30.0 Å². The zero-order valence-corrected chi connectivity index (χ0v) is 23.0. The fourth-order valence-electron chi connectivity index (χ4n) is 3.81. The number of carbonyl (C=O) groups is 2. The van der Waals surface area contributed by atoms with Crippen LogP contribution < -0.4 is 16.0 Å². The maximum absolute atomic E-state index is 13.6. The number of anilines is 1. The van der Waals surface area contributed by atoms with E-state index in [9.17, 15) is 22.4 Å². The average molecular weight is 544 g/mol. The molecular weight excluding hydrogens is 509 g/mol. The number of carbonyl (C=O) groups excluding carboxylic acids is 2. The molecule has 0 bridgehead atoms. The molecule has 1 aromatic heterocycles. The zero-order chi connectivity index (χ0) is 28.1. The van der Waals surface area contributed by atoms with Crippen LogP contribution in [0.1, 0.15) is 44.7 Å². The van der Waals surface area contributed by atoms with Crippen LogP contribution in [-0.2, 0) is 14.6 Å². The summed E-state index contributed by atoms with van der Waals surface area (Å²) >= 11 is 0. The third-order valence-electron chi connectivity index (χ3n) is 5.64. The Morgan fingerprint density at radius 2 is 1.71 bits per heavy atom. The SMILES string of the molecule is C[C@@H](CNc1cccc(S(C)(=O)=O)c1)NC(=O)C(CC(C)(C)C)NC(=O)c1ccc(-c2cccc(F)c2)o1. The smallest absolute Gasteiger partial charge is 0.287 e. The molecule has 3 aromatic rings. The number of benzene rings is 2. The highest BCUT2D eigenvalue weighted by molar-refractivity contribution is 7.90. The van der Waals surface area contributed by atoms with Gasteiger partial charge in [0.05, 0.1) is 4.90 Å². The van der Waals surface area contributed by atoms with Crippen LogP contribution in [0.5, 0.6) is 0 Å². The van der Waals surface area contributed by atoms with Crippen LogP contribution in [0.2, 0.25) is 0 Å². The van der Waals surface area contributed by atoms with E-state index in [1.807, 2.05) is 20.8 Å². The highest BCUT2D eigenvalue weighted by Gasteiger charge is 2.28. The summed E-state index contributed by atoms with van der Waals surface area (Å²) in [6, 6.07) is 14.2. The van der Waals surface area contributed by atoms with Gasteiger partial charge < -0.3 is 20.4 Å². The molecule has 8 nitrogen and oxygen atoms in total. The minimum absolute atomic E-state index is 0.0106. The first-order chi connectivity index (χ1) is 17.7. The average Bonchev–Trinajstić information content (AvgIpc) is 3.32. The monoisotopic (exact) mass is 543 g/mol. The fraction of sp³-hybridized carbons (Fsp3) is 0.357. The standard InChI is InChI=1S/C28H34FN3O5S/c1-18(17-30-21-10-7-11-22(15-21)38(5,35)36)31-26(33)23(16-28(2,3)4)32-27(34)25-13-12-24(37-25)19-8-6-9-20(29)14-19/h6-15,18,23,30H,16-17H2,1-5H3,(H,31,33)(H,32,34)/t18-,23?/m0/s1. The van der Waals surface area contributed by atoms with Gasteiger partial charge in [-0.2, -0.15) is 0 Å². The van der Waals surface area contributed by atoms with Crippen molar-refractivity contribution >= 4 is 27.3 Å². The fourth-order valence-corrected chi connectivity index (χ4v) is 4.48. The third kappa shape index (κ3) is 8.44. The summed E-state index contributed by atoms with van der Waals surface area (Å²) in [4.78, 5) is 26.3. The summed E-state index contributed by atoms with van der Waals surface area (Å²) in [6.45, 7) is 8.04. The first kappa shape index (κ1) is 28.9. The van der Waals surface area contributed by atoms with E-state index in [0.717, 1.165) is 6.26 Å². The van der Waals surface area contributed by atoms with Crippen molar-refractivity contribution in [1.82, 2.24) is 10.6 Å². The summed E-state index contributed by atoms with van der Waals surface area (Å²) in [5, 5.41) is 8.80. The number of halogens is 1. The lowest BCUT2D eigenvalue weighted by atomic mass is 9.87. The van der Waals surface area contributed by atoms with Crippen molar-refractivity contribution in [2.24, 2.45) is 5.41 Å². The van der Waals surface area contributed by atoms with Crippen LogP contribution in [0, 0.1) is 11.2 Å². The Balaban J connectivity index is 1.65. The Morgan fingerprint density at radius 3 is 2.37 bits per heavy atom. The Kier molecular flexibility index (Phi) is 8.98. The summed E-state index contributed by atoms with van der Waals surface area (Å²) in [5.41, 5.74) is 0.843. The summed E-state index contributed by atoms with van der Waals surface area (Å²) in [5.74, 6) is -0.981. The van der Waals surface area contributed by atoms with Crippen molar-refractivity contribution in [3.63, 3.8) is 0 Å². The van der Waals surface area contributed by atoms with Crippen LogP contribution in [0.4, 0.5) is 10.1 Å². The normalized spacial score (nSPS) is 13.4. The second kappa shape index (κ2) is 11.8. The molecule has 0 aliphatic rings. The predicted molar refractivity (Wildman–Crippen MR) is 145 cm³/mol. The van der Waals surface area contributed by atoms with Gasteiger partial charge in [0.25, 0.3) is 5.91 Å². The van der Waals surface area contributed by atoms with Crippen LogP contribution in [0.15, 0.2) is 70.0 Å². The highest BCUT2D eigenvalue weighted by Crippen LogP contribution is 2.24. The molecule has 3 rings (SSSR count). The molecule has 2 amide bonds. The lowest BCUT2D eigenvalue weighted by molar-refractivity contribution is -0.124. The second-order valence-corrected chi connectivity index (χ2v) is 12.6. The molecule has 2 aromatic carbocycles. The first-order valence-corrected chi connectivity index (χ1v) is 14.1. The molecule has 3 N–H and O–H groups in total. The summed E-state index contributed by atoms with van der Waals surface area (Å²) in [7, 11) is -3.34. The maximum Gasteiger partial charge on any atom is 0.287 e. The minimum Gasteiger partial charge on any atom is -0.451 e. The molecule has 0 radical (unpaired) electrons. The number of amides is 2. The van der Waals surface area contributed by atoms with Gasteiger partial charge in [0.2, 0.25) is 5.91 Å². The molecule has 0 fully saturated rings. The van der Waals surface area contributed by atoms with Crippen molar-refractivity contribution in [2.75, 3.05) is 18.1 Å². The molecule has 1 heterocycles. The van der Waals surface area contributed by atoms with Crippen molar-refractivity contribution < 1.29 is 26.8 Å². The van der Waals surface area contributed by atoms with Gasteiger partial charge in [-0.1, -0.05) is 39.0 Å². The van der Waals surface area contributed by atoms with Gasteiger partial charge in [-0.25, -0.2) is 12.8 Å². The Hall–Kier alpha value is -3.66. The molecule has 0 aliphatic carbocycles. The molecule has 0 spiro atoms. The predicted octanol–water partition coefficient (Wildman–Crippen LogP) is 4.64. The van der Waals surface area contributed by atoms with E-state index >= 15 is 0 Å². The Bertz CT molecular complexity index is 1400. The van der Waals surface area contributed by atoms with E-state index in [1.165, 1.54) is 30.3 Å².